The van der Waals surface area contributed by atoms with Gasteiger partial charge in [-0.25, -0.2) is 0 Å². The third kappa shape index (κ3) is 4.06. The van der Waals surface area contributed by atoms with Crippen LogP contribution in [0.5, 0.6) is 0 Å². The number of carbonyl (C=O) groups excluding carboxylic acids is 2. The second kappa shape index (κ2) is 7.05. The van der Waals surface area contributed by atoms with Gasteiger partial charge in [0.25, 0.3) is 0 Å². The van der Waals surface area contributed by atoms with Gasteiger partial charge in [0.15, 0.2) is 0 Å². The van der Waals surface area contributed by atoms with Crippen LogP contribution in [0.3, 0.4) is 0 Å². The van der Waals surface area contributed by atoms with Crippen molar-refractivity contribution in [3.63, 3.8) is 0 Å². The van der Waals surface area contributed by atoms with Gasteiger partial charge in [-0.1, -0.05) is 12.1 Å². The molecule has 5 heteroatoms. The first kappa shape index (κ1) is 14.5. The van der Waals surface area contributed by atoms with E-state index in [0.29, 0.717) is 0 Å². The molecule has 1 aliphatic rings. The van der Waals surface area contributed by atoms with Gasteiger partial charge in [-0.15, -0.1) is 0 Å². The minimum Gasteiger partial charge on any atom is -0.469 e. The lowest BCUT2D eigenvalue weighted by atomic mass is 10.1. The van der Waals surface area contributed by atoms with Gasteiger partial charge in [0, 0.05) is 25.2 Å². The summed E-state index contributed by atoms with van der Waals surface area (Å²) in [5, 5.41) is 0. The molecule has 0 unspecified atom stereocenters. The lowest BCUT2D eigenvalue weighted by Gasteiger charge is -2.28. The summed E-state index contributed by atoms with van der Waals surface area (Å²) >= 11 is 0. The molecule has 1 heterocycles. The summed E-state index contributed by atoms with van der Waals surface area (Å²) in [5.41, 5.74) is 2.05. The van der Waals surface area contributed by atoms with Crippen molar-refractivity contribution in [3.05, 3.63) is 29.8 Å². The Kier molecular flexibility index (Phi) is 5.12. The molecule has 1 saturated heterocycles. The number of ether oxygens (including phenoxy) is 2. The maximum absolute atomic E-state index is 11.6. The van der Waals surface area contributed by atoms with E-state index in [-0.39, 0.29) is 18.6 Å². The minimum atomic E-state index is -0.486. The first-order chi connectivity index (χ1) is 9.69. The maximum atomic E-state index is 11.6. The lowest BCUT2D eigenvalue weighted by molar-refractivity contribution is -0.143. The van der Waals surface area contributed by atoms with Crippen molar-refractivity contribution in [2.45, 2.75) is 12.8 Å². The number of rotatable bonds is 5. The zero-order valence-corrected chi connectivity index (χ0v) is 11.6. The summed E-state index contributed by atoms with van der Waals surface area (Å²) in [6.07, 6.45) is 0.0974. The van der Waals surface area contributed by atoms with E-state index in [4.69, 9.17) is 4.74 Å². The van der Waals surface area contributed by atoms with E-state index < -0.39 is 5.97 Å². The van der Waals surface area contributed by atoms with E-state index in [1.54, 1.807) is 0 Å². The Hall–Kier alpha value is -1.88. The van der Waals surface area contributed by atoms with Crippen LogP contribution in [-0.2, 0) is 25.5 Å². The second-order valence-corrected chi connectivity index (χ2v) is 4.73. The molecule has 0 amide bonds. The summed E-state index contributed by atoms with van der Waals surface area (Å²) in [5.74, 6) is -0.615. The van der Waals surface area contributed by atoms with Crippen LogP contribution in [0.25, 0.3) is 0 Å². The molecule has 1 fully saturated rings. The highest BCUT2D eigenvalue weighted by atomic mass is 16.5. The van der Waals surface area contributed by atoms with E-state index in [1.807, 2.05) is 24.3 Å². The number of hydrogen-bond acceptors (Lipinski definition) is 5. The number of carbonyl (C=O) groups is 2. The normalized spacial score (nSPS) is 14.9. The predicted molar refractivity (Wildman–Crippen MR) is 74.8 cm³/mol. The molecule has 0 aromatic heterocycles. The van der Waals surface area contributed by atoms with Crippen molar-refractivity contribution in [2.75, 3.05) is 38.3 Å². The molecule has 0 spiro atoms. The number of morpholine rings is 1. The van der Waals surface area contributed by atoms with Gasteiger partial charge in [-0.05, 0) is 17.7 Å². The van der Waals surface area contributed by atoms with Gasteiger partial charge in [-0.3, -0.25) is 9.59 Å². The van der Waals surface area contributed by atoms with Crippen molar-refractivity contribution in [1.29, 1.82) is 0 Å². The van der Waals surface area contributed by atoms with Crippen LogP contribution in [0.2, 0.25) is 0 Å². The Bertz CT molecular complexity index is 463. The van der Waals surface area contributed by atoms with E-state index in [1.165, 1.54) is 7.11 Å². The number of methoxy groups -OCH3 is 1. The number of benzene rings is 1. The van der Waals surface area contributed by atoms with Crippen molar-refractivity contribution in [2.24, 2.45) is 0 Å². The zero-order valence-electron chi connectivity index (χ0n) is 11.6. The molecule has 0 aliphatic carbocycles. The largest absolute Gasteiger partial charge is 0.469 e. The summed E-state index contributed by atoms with van der Waals surface area (Å²) in [7, 11) is 1.28. The first-order valence-corrected chi connectivity index (χ1v) is 6.69. The Morgan fingerprint density at radius 2 is 1.85 bits per heavy atom. The monoisotopic (exact) mass is 277 g/mol. The van der Waals surface area contributed by atoms with E-state index >= 15 is 0 Å². The molecule has 2 rings (SSSR count). The molecule has 0 radical (unpaired) electrons. The van der Waals surface area contributed by atoms with Gasteiger partial charge in [0.05, 0.1) is 20.3 Å². The van der Waals surface area contributed by atoms with Crippen LogP contribution in [-0.4, -0.2) is 45.2 Å². The molecular formula is C15H19NO4. The highest BCUT2D eigenvalue weighted by molar-refractivity contribution is 5.96. The SMILES string of the molecule is COC(=O)CC(=O)Cc1ccc(N2CCOCC2)cc1. The van der Waals surface area contributed by atoms with Crippen LogP contribution >= 0.6 is 0 Å². The molecule has 1 aromatic rings. The Balaban J connectivity index is 1.90. The standard InChI is InChI=1S/C15H19NO4/c1-19-15(18)11-14(17)10-12-2-4-13(5-3-12)16-6-8-20-9-7-16/h2-5H,6-11H2,1H3. The molecule has 108 valence electrons. The van der Waals surface area contributed by atoms with Gasteiger partial charge >= 0.3 is 5.97 Å². The predicted octanol–water partition coefficient (Wildman–Crippen LogP) is 1.20. The zero-order chi connectivity index (χ0) is 14.4. The molecule has 5 nitrogen and oxygen atoms in total. The Labute approximate surface area is 118 Å². The Morgan fingerprint density at radius 3 is 2.45 bits per heavy atom. The molecule has 1 aromatic carbocycles. The summed E-state index contributed by atoms with van der Waals surface area (Å²) in [6.45, 7) is 3.28. The number of anilines is 1. The molecule has 20 heavy (non-hydrogen) atoms. The molecule has 1 aliphatic heterocycles. The van der Waals surface area contributed by atoms with Crippen LogP contribution in [0.1, 0.15) is 12.0 Å². The first-order valence-electron chi connectivity index (χ1n) is 6.69. The fourth-order valence-electron chi connectivity index (χ4n) is 2.17. The minimum absolute atomic E-state index is 0.129. The molecule has 0 N–H and O–H groups in total. The summed E-state index contributed by atoms with van der Waals surface area (Å²) in [6, 6.07) is 7.87. The maximum Gasteiger partial charge on any atom is 0.313 e. The van der Waals surface area contributed by atoms with Crippen LogP contribution in [0.15, 0.2) is 24.3 Å². The summed E-state index contributed by atoms with van der Waals surface area (Å²) in [4.78, 5) is 24.9. The van der Waals surface area contributed by atoms with Crippen molar-refractivity contribution in [1.82, 2.24) is 0 Å². The quantitative estimate of drug-likeness (QED) is 0.598. The number of hydrogen-bond donors (Lipinski definition) is 0. The van der Waals surface area contributed by atoms with Crippen LogP contribution in [0.4, 0.5) is 5.69 Å². The molecular weight excluding hydrogens is 258 g/mol. The van der Waals surface area contributed by atoms with Gasteiger partial charge in [-0.2, -0.15) is 0 Å². The van der Waals surface area contributed by atoms with Crippen LogP contribution < -0.4 is 4.90 Å². The fourth-order valence-corrected chi connectivity index (χ4v) is 2.17. The van der Waals surface area contributed by atoms with E-state index in [9.17, 15) is 9.59 Å². The summed E-state index contributed by atoms with van der Waals surface area (Å²) < 4.78 is 9.79. The third-order valence-corrected chi connectivity index (χ3v) is 3.28. The average molecular weight is 277 g/mol. The molecule has 0 saturated carbocycles. The highest BCUT2D eigenvalue weighted by Gasteiger charge is 2.12. The highest BCUT2D eigenvalue weighted by Crippen LogP contribution is 2.17. The Morgan fingerprint density at radius 1 is 1.20 bits per heavy atom. The van der Waals surface area contributed by atoms with E-state index in [2.05, 4.69) is 9.64 Å². The van der Waals surface area contributed by atoms with Crippen molar-refractivity contribution >= 4 is 17.4 Å². The number of esters is 1. The van der Waals surface area contributed by atoms with Crippen LogP contribution in [0, 0.1) is 0 Å². The second-order valence-electron chi connectivity index (χ2n) is 4.73. The number of Topliss-reactive ketones (excluding diaryl/α,β-unsaturated/α-hetero) is 1. The van der Waals surface area contributed by atoms with Crippen molar-refractivity contribution in [3.8, 4) is 0 Å². The topological polar surface area (TPSA) is 55.8 Å². The lowest BCUT2D eigenvalue weighted by Crippen LogP contribution is -2.36. The smallest absolute Gasteiger partial charge is 0.313 e. The van der Waals surface area contributed by atoms with Gasteiger partial charge in [0.2, 0.25) is 0 Å². The van der Waals surface area contributed by atoms with Gasteiger partial charge in [0.1, 0.15) is 12.2 Å². The van der Waals surface area contributed by atoms with E-state index in [0.717, 1.165) is 37.6 Å². The number of nitrogens with zero attached hydrogens (tertiary/aromatic N) is 1. The van der Waals surface area contributed by atoms with Gasteiger partial charge < -0.3 is 14.4 Å². The van der Waals surface area contributed by atoms with Crippen molar-refractivity contribution < 1.29 is 19.1 Å². The fraction of sp³-hybridized carbons (Fsp3) is 0.467. The number of ketones is 1. The third-order valence-electron chi connectivity index (χ3n) is 3.28. The average Bonchev–Trinajstić information content (AvgIpc) is 2.48. The molecule has 0 bridgehead atoms. The molecule has 0 atom stereocenters.